The predicted octanol–water partition coefficient (Wildman–Crippen LogP) is 1.88. The molecule has 1 aromatic rings. The molecule has 0 saturated heterocycles. The standard InChI is InChI=1S/C16H20N4O4/c21-15(18-13-7-3-1-2-4-8-13)16(22)19-17-11-12-6-5-9-14(10-12)20(23)24/h5-6,9-11,13H,1-4,7-8H2,(H,18,21)(H,19,22)/b17-11-. The quantitative estimate of drug-likeness (QED) is 0.288. The van der Waals surface area contributed by atoms with Crippen LogP contribution in [0.3, 0.4) is 0 Å². The Balaban J connectivity index is 1.84. The highest BCUT2D eigenvalue weighted by Crippen LogP contribution is 2.17. The van der Waals surface area contributed by atoms with Gasteiger partial charge in [0.25, 0.3) is 5.69 Å². The fourth-order valence-corrected chi connectivity index (χ4v) is 2.61. The van der Waals surface area contributed by atoms with E-state index < -0.39 is 16.7 Å². The van der Waals surface area contributed by atoms with E-state index in [9.17, 15) is 19.7 Å². The number of hydrazone groups is 1. The number of carbonyl (C=O) groups is 2. The number of nitrogens with one attached hydrogen (secondary N) is 2. The fourth-order valence-electron chi connectivity index (χ4n) is 2.61. The van der Waals surface area contributed by atoms with E-state index in [2.05, 4.69) is 15.8 Å². The number of nitrogens with zero attached hydrogens (tertiary/aromatic N) is 2. The first-order chi connectivity index (χ1) is 11.6. The van der Waals surface area contributed by atoms with Gasteiger partial charge in [0.15, 0.2) is 0 Å². The van der Waals surface area contributed by atoms with E-state index in [1.165, 1.54) is 24.4 Å². The molecule has 8 nitrogen and oxygen atoms in total. The molecule has 1 aromatic carbocycles. The molecule has 0 spiro atoms. The lowest BCUT2D eigenvalue weighted by atomic mass is 10.1. The molecule has 0 bridgehead atoms. The number of nitro benzene ring substituents is 1. The Kier molecular flexibility index (Phi) is 6.41. The van der Waals surface area contributed by atoms with Crippen molar-refractivity contribution in [1.82, 2.24) is 10.7 Å². The van der Waals surface area contributed by atoms with Gasteiger partial charge in [0.1, 0.15) is 0 Å². The Morgan fingerprint density at radius 2 is 1.88 bits per heavy atom. The highest BCUT2D eigenvalue weighted by Gasteiger charge is 2.19. The smallest absolute Gasteiger partial charge is 0.329 e. The summed E-state index contributed by atoms with van der Waals surface area (Å²) in [5.41, 5.74) is 2.51. The van der Waals surface area contributed by atoms with Gasteiger partial charge in [0, 0.05) is 23.7 Å². The Labute approximate surface area is 139 Å². The van der Waals surface area contributed by atoms with Crippen LogP contribution in [0.25, 0.3) is 0 Å². The number of nitro groups is 1. The molecule has 0 aliphatic heterocycles. The topological polar surface area (TPSA) is 114 Å². The van der Waals surface area contributed by atoms with Gasteiger partial charge in [-0.3, -0.25) is 19.7 Å². The molecule has 2 N–H and O–H groups in total. The number of hydrogen-bond donors (Lipinski definition) is 2. The number of non-ortho nitro benzene ring substituents is 1. The van der Waals surface area contributed by atoms with Gasteiger partial charge < -0.3 is 5.32 Å². The average molecular weight is 332 g/mol. The van der Waals surface area contributed by atoms with Crippen molar-refractivity contribution in [3.05, 3.63) is 39.9 Å². The summed E-state index contributed by atoms with van der Waals surface area (Å²) in [5, 5.41) is 17.1. The summed E-state index contributed by atoms with van der Waals surface area (Å²) in [6, 6.07) is 5.83. The Morgan fingerprint density at radius 3 is 2.54 bits per heavy atom. The molecule has 0 atom stereocenters. The maximum absolute atomic E-state index is 11.8. The highest BCUT2D eigenvalue weighted by atomic mass is 16.6. The van der Waals surface area contributed by atoms with Gasteiger partial charge in [-0.15, -0.1) is 0 Å². The fraction of sp³-hybridized carbons (Fsp3) is 0.438. The number of benzene rings is 1. The molecule has 0 heterocycles. The van der Waals surface area contributed by atoms with Gasteiger partial charge in [-0.1, -0.05) is 37.8 Å². The Bertz CT molecular complexity index is 637. The molecule has 0 unspecified atom stereocenters. The van der Waals surface area contributed by atoms with Crippen LogP contribution in [0.5, 0.6) is 0 Å². The van der Waals surface area contributed by atoms with E-state index in [0.717, 1.165) is 38.5 Å². The van der Waals surface area contributed by atoms with Gasteiger partial charge in [0.05, 0.1) is 11.1 Å². The molecule has 2 rings (SSSR count). The first-order valence-corrected chi connectivity index (χ1v) is 7.94. The summed E-state index contributed by atoms with van der Waals surface area (Å²) < 4.78 is 0. The van der Waals surface area contributed by atoms with Crippen LogP contribution in [0.2, 0.25) is 0 Å². The lowest BCUT2D eigenvalue weighted by Gasteiger charge is -2.14. The highest BCUT2D eigenvalue weighted by molar-refractivity contribution is 6.35. The summed E-state index contributed by atoms with van der Waals surface area (Å²) in [6.45, 7) is 0. The zero-order chi connectivity index (χ0) is 17.4. The average Bonchev–Trinajstić information content (AvgIpc) is 2.83. The predicted molar refractivity (Wildman–Crippen MR) is 88.5 cm³/mol. The third kappa shape index (κ3) is 5.45. The van der Waals surface area contributed by atoms with Crippen LogP contribution in [-0.4, -0.2) is 29.0 Å². The van der Waals surface area contributed by atoms with Crippen molar-refractivity contribution >= 4 is 23.7 Å². The van der Waals surface area contributed by atoms with Crippen molar-refractivity contribution in [2.75, 3.05) is 0 Å². The second-order valence-corrected chi connectivity index (χ2v) is 5.71. The summed E-state index contributed by atoms with van der Waals surface area (Å²) >= 11 is 0. The monoisotopic (exact) mass is 332 g/mol. The van der Waals surface area contributed by atoms with E-state index >= 15 is 0 Å². The SMILES string of the molecule is O=C(N/N=C\c1cccc([N+](=O)[O-])c1)C(=O)NC1CCCCCC1. The van der Waals surface area contributed by atoms with Crippen molar-refractivity contribution in [2.45, 2.75) is 44.6 Å². The minimum absolute atomic E-state index is 0.0338. The van der Waals surface area contributed by atoms with E-state index in [4.69, 9.17) is 0 Å². The Hall–Kier alpha value is -2.77. The van der Waals surface area contributed by atoms with Crippen LogP contribution in [0.15, 0.2) is 29.4 Å². The van der Waals surface area contributed by atoms with Gasteiger partial charge in [-0.25, -0.2) is 5.43 Å². The number of hydrogen-bond acceptors (Lipinski definition) is 5. The van der Waals surface area contributed by atoms with E-state index in [-0.39, 0.29) is 11.7 Å². The maximum Gasteiger partial charge on any atom is 0.329 e. The van der Waals surface area contributed by atoms with Crippen LogP contribution >= 0.6 is 0 Å². The van der Waals surface area contributed by atoms with Crippen molar-refractivity contribution in [3.8, 4) is 0 Å². The van der Waals surface area contributed by atoms with E-state index in [1.807, 2.05) is 0 Å². The van der Waals surface area contributed by atoms with E-state index in [0.29, 0.717) is 5.56 Å². The lowest BCUT2D eigenvalue weighted by Crippen LogP contribution is -2.43. The molecule has 24 heavy (non-hydrogen) atoms. The summed E-state index contributed by atoms with van der Waals surface area (Å²) in [6.07, 6.45) is 7.45. The molecule has 128 valence electrons. The zero-order valence-corrected chi connectivity index (χ0v) is 13.2. The molecule has 0 aromatic heterocycles. The van der Waals surface area contributed by atoms with Crippen molar-refractivity contribution in [1.29, 1.82) is 0 Å². The molecule has 8 heteroatoms. The molecular formula is C16H20N4O4. The molecule has 0 radical (unpaired) electrons. The summed E-state index contributed by atoms with van der Waals surface area (Å²) in [7, 11) is 0. The third-order valence-corrected chi connectivity index (χ3v) is 3.86. The summed E-state index contributed by atoms with van der Waals surface area (Å²) in [5.74, 6) is -1.56. The maximum atomic E-state index is 11.8. The third-order valence-electron chi connectivity index (χ3n) is 3.86. The number of amides is 2. The Morgan fingerprint density at radius 1 is 1.17 bits per heavy atom. The van der Waals surface area contributed by atoms with Crippen LogP contribution in [-0.2, 0) is 9.59 Å². The largest absolute Gasteiger partial charge is 0.345 e. The lowest BCUT2D eigenvalue weighted by molar-refractivity contribution is -0.384. The van der Waals surface area contributed by atoms with E-state index in [1.54, 1.807) is 6.07 Å². The van der Waals surface area contributed by atoms with Gasteiger partial charge in [0.2, 0.25) is 0 Å². The van der Waals surface area contributed by atoms with Crippen molar-refractivity contribution < 1.29 is 14.5 Å². The minimum Gasteiger partial charge on any atom is -0.345 e. The normalized spacial score (nSPS) is 15.7. The second-order valence-electron chi connectivity index (χ2n) is 5.71. The molecule has 1 saturated carbocycles. The number of carbonyl (C=O) groups excluding carboxylic acids is 2. The molecule has 1 aliphatic rings. The second kappa shape index (κ2) is 8.76. The first kappa shape index (κ1) is 17.6. The molecule has 2 amide bonds. The first-order valence-electron chi connectivity index (χ1n) is 7.94. The van der Waals surface area contributed by atoms with Crippen molar-refractivity contribution in [3.63, 3.8) is 0 Å². The summed E-state index contributed by atoms with van der Waals surface area (Å²) in [4.78, 5) is 33.7. The molecule has 1 aliphatic carbocycles. The zero-order valence-electron chi connectivity index (χ0n) is 13.2. The van der Waals surface area contributed by atoms with Gasteiger partial charge in [-0.05, 0) is 12.8 Å². The van der Waals surface area contributed by atoms with Crippen LogP contribution < -0.4 is 10.7 Å². The van der Waals surface area contributed by atoms with Crippen LogP contribution in [0.1, 0.15) is 44.1 Å². The van der Waals surface area contributed by atoms with Gasteiger partial charge in [-0.2, -0.15) is 5.10 Å². The van der Waals surface area contributed by atoms with Crippen LogP contribution in [0.4, 0.5) is 5.69 Å². The molecule has 1 fully saturated rings. The molecular weight excluding hydrogens is 312 g/mol. The van der Waals surface area contributed by atoms with Gasteiger partial charge >= 0.3 is 11.8 Å². The van der Waals surface area contributed by atoms with Crippen molar-refractivity contribution in [2.24, 2.45) is 5.10 Å². The number of rotatable bonds is 4. The van der Waals surface area contributed by atoms with Crippen LogP contribution in [0, 0.1) is 10.1 Å². The minimum atomic E-state index is -0.846.